The summed E-state index contributed by atoms with van der Waals surface area (Å²) >= 11 is 0. The fourth-order valence-corrected chi connectivity index (χ4v) is 2.92. The van der Waals surface area contributed by atoms with Crippen LogP contribution in [0.5, 0.6) is 5.75 Å². The van der Waals surface area contributed by atoms with Crippen LogP contribution in [0.15, 0.2) is 12.1 Å². The first kappa shape index (κ1) is 21.0. The summed E-state index contributed by atoms with van der Waals surface area (Å²) in [5.41, 5.74) is 3.14. The Morgan fingerprint density at radius 3 is 1.79 bits per heavy atom. The first-order valence-corrected chi connectivity index (χ1v) is 9.04. The van der Waals surface area contributed by atoms with Crippen molar-refractivity contribution in [3.63, 3.8) is 0 Å². The van der Waals surface area contributed by atoms with Crippen LogP contribution in [0.2, 0.25) is 0 Å². The number of phenolic OH excluding ortho intramolecular Hbond substituents is 1. The maximum atomic E-state index is 10.8. The number of nitrogens with zero attached hydrogens (tertiary/aromatic N) is 1. The molecular formula is C21H38NO2+. The van der Waals surface area contributed by atoms with Crippen molar-refractivity contribution in [1.82, 2.24) is 0 Å². The SMILES string of the molecule is CCCOC[N+](C)(C)Cc1cc(C(C)(C)C)c(O)c(C(C)(C)C)c1. The molecule has 0 heterocycles. The number of hydrogen-bond acceptors (Lipinski definition) is 2. The third-order valence-electron chi connectivity index (χ3n) is 4.19. The van der Waals surface area contributed by atoms with Gasteiger partial charge in [-0.15, -0.1) is 0 Å². The molecule has 0 saturated carbocycles. The van der Waals surface area contributed by atoms with Crippen LogP contribution in [-0.4, -0.2) is 37.0 Å². The van der Waals surface area contributed by atoms with Gasteiger partial charge in [-0.2, -0.15) is 0 Å². The van der Waals surface area contributed by atoms with Crippen molar-refractivity contribution >= 4 is 0 Å². The van der Waals surface area contributed by atoms with Gasteiger partial charge in [0.25, 0.3) is 0 Å². The number of rotatable bonds is 6. The molecule has 24 heavy (non-hydrogen) atoms. The Bertz CT molecular complexity index is 513. The summed E-state index contributed by atoms with van der Waals surface area (Å²) in [6.45, 7) is 17.4. The van der Waals surface area contributed by atoms with Gasteiger partial charge in [0.1, 0.15) is 12.3 Å². The quantitative estimate of drug-likeness (QED) is 0.452. The first-order chi connectivity index (χ1) is 10.8. The second-order valence-electron chi connectivity index (χ2n) is 9.67. The number of quaternary nitrogens is 1. The summed E-state index contributed by atoms with van der Waals surface area (Å²) in [4.78, 5) is 0. The number of ether oxygens (including phenoxy) is 1. The van der Waals surface area contributed by atoms with Crippen molar-refractivity contribution in [2.75, 3.05) is 27.4 Å². The van der Waals surface area contributed by atoms with Gasteiger partial charge in [0.2, 0.25) is 0 Å². The highest BCUT2D eigenvalue weighted by Gasteiger charge is 2.28. The molecule has 1 rings (SSSR count). The molecule has 0 atom stereocenters. The van der Waals surface area contributed by atoms with Gasteiger partial charge in [-0.25, -0.2) is 0 Å². The second-order valence-corrected chi connectivity index (χ2v) is 9.67. The Labute approximate surface area is 149 Å². The highest BCUT2D eigenvalue weighted by molar-refractivity contribution is 5.49. The molecule has 0 aliphatic heterocycles. The summed E-state index contributed by atoms with van der Waals surface area (Å²) in [5.74, 6) is 0.450. The van der Waals surface area contributed by atoms with E-state index >= 15 is 0 Å². The number of benzene rings is 1. The largest absolute Gasteiger partial charge is 0.507 e. The molecule has 0 unspecified atom stereocenters. The molecule has 138 valence electrons. The molecule has 0 aromatic heterocycles. The van der Waals surface area contributed by atoms with Crippen LogP contribution >= 0.6 is 0 Å². The summed E-state index contributed by atoms with van der Waals surface area (Å²) in [6, 6.07) is 4.34. The molecule has 0 aliphatic carbocycles. The van der Waals surface area contributed by atoms with Crippen LogP contribution in [0, 0.1) is 0 Å². The average molecular weight is 337 g/mol. The molecule has 1 aromatic carbocycles. The molecule has 1 aromatic rings. The van der Waals surface area contributed by atoms with E-state index in [1.165, 1.54) is 5.56 Å². The Hall–Kier alpha value is -1.06. The van der Waals surface area contributed by atoms with E-state index in [4.69, 9.17) is 4.74 Å². The van der Waals surface area contributed by atoms with Gasteiger partial charge >= 0.3 is 0 Å². The highest BCUT2D eigenvalue weighted by Crippen LogP contribution is 2.40. The molecule has 1 N–H and O–H groups in total. The molecule has 0 bridgehead atoms. The van der Waals surface area contributed by atoms with Crippen LogP contribution in [0.4, 0.5) is 0 Å². The Balaban J connectivity index is 3.24. The van der Waals surface area contributed by atoms with Gasteiger partial charge in [-0.3, -0.25) is 0 Å². The van der Waals surface area contributed by atoms with Crippen LogP contribution < -0.4 is 0 Å². The van der Waals surface area contributed by atoms with E-state index in [0.717, 1.165) is 35.2 Å². The van der Waals surface area contributed by atoms with Crippen molar-refractivity contribution in [3.05, 3.63) is 28.8 Å². The minimum Gasteiger partial charge on any atom is -0.507 e. The normalized spacial score (nSPS) is 13.4. The van der Waals surface area contributed by atoms with Crippen LogP contribution in [0.25, 0.3) is 0 Å². The maximum absolute atomic E-state index is 10.8. The lowest BCUT2D eigenvalue weighted by Crippen LogP contribution is -2.41. The maximum Gasteiger partial charge on any atom is 0.182 e. The molecule has 3 nitrogen and oxygen atoms in total. The standard InChI is InChI=1S/C21H37NO2/c1-10-11-24-15-22(8,9)14-16-12-17(20(2,3)4)19(23)18(13-16)21(5,6)7/h12-13H,10-11,14-15H2,1-9H3/p+1. The van der Waals surface area contributed by atoms with Crippen molar-refractivity contribution in [2.45, 2.75) is 72.3 Å². The van der Waals surface area contributed by atoms with Gasteiger partial charge < -0.3 is 14.3 Å². The fourth-order valence-electron chi connectivity index (χ4n) is 2.92. The zero-order chi connectivity index (χ0) is 18.8. The van der Waals surface area contributed by atoms with E-state index in [0.29, 0.717) is 12.5 Å². The fraction of sp³-hybridized carbons (Fsp3) is 0.714. The number of hydrogen-bond donors (Lipinski definition) is 1. The van der Waals surface area contributed by atoms with E-state index in [-0.39, 0.29) is 10.8 Å². The van der Waals surface area contributed by atoms with Gasteiger partial charge in [0.15, 0.2) is 6.73 Å². The van der Waals surface area contributed by atoms with Crippen molar-refractivity contribution in [2.24, 2.45) is 0 Å². The Kier molecular flexibility index (Phi) is 6.51. The second kappa shape index (κ2) is 7.45. The lowest BCUT2D eigenvalue weighted by molar-refractivity contribution is -0.922. The monoisotopic (exact) mass is 336 g/mol. The van der Waals surface area contributed by atoms with Crippen LogP contribution in [0.3, 0.4) is 0 Å². The lowest BCUT2D eigenvalue weighted by atomic mass is 9.78. The van der Waals surface area contributed by atoms with E-state index in [9.17, 15) is 5.11 Å². The lowest BCUT2D eigenvalue weighted by Gasteiger charge is -2.32. The smallest absolute Gasteiger partial charge is 0.182 e. The third-order valence-corrected chi connectivity index (χ3v) is 4.19. The van der Waals surface area contributed by atoms with Crippen LogP contribution in [-0.2, 0) is 22.1 Å². The first-order valence-electron chi connectivity index (χ1n) is 9.04. The molecule has 0 amide bonds. The van der Waals surface area contributed by atoms with E-state index in [1.807, 2.05) is 0 Å². The highest BCUT2D eigenvalue weighted by atomic mass is 16.5. The summed E-state index contributed by atoms with van der Waals surface area (Å²) < 4.78 is 6.54. The summed E-state index contributed by atoms with van der Waals surface area (Å²) in [5, 5.41) is 10.8. The predicted octanol–water partition coefficient (Wildman–Crippen LogP) is 4.95. The van der Waals surface area contributed by atoms with Gasteiger partial charge in [-0.05, 0) is 29.4 Å². The molecule has 0 saturated heterocycles. The number of aromatic hydroxyl groups is 1. The zero-order valence-electron chi connectivity index (χ0n) is 17.3. The summed E-state index contributed by atoms with van der Waals surface area (Å²) in [6.07, 6.45) is 1.04. The summed E-state index contributed by atoms with van der Waals surface area (Å²) in [7, 11) is 4.38. The molecule has 0 spiro atoms. The van der Waals surface area contributed by atoms with Crippen molar-refractivity contribution < 1.29 is 14.3 Å². The molecule has 0 radical (unpaired) electrons. The van der Waals surface area contributed by atoms with Crippen molar-refractivity contribution in [1.29, 1.82) is 0 Å². The Morgan fingerprint density at radius 2 is 1.42 bits per heavy atom. The van der Waals surface area contributed by atoms with Crippen LogP contribution in [0.1, 0.15) is 71.6 Å². The topological polar surface area (TPSA) is 29.5 Å². The predicted molar refractivity (Wildman–Crippen MR) is 102 cm³/mol. The van der Waals surface area contributed by atoms with Gasteiger partial charge in [-0.1, -0.05) is 48.5 Å². The third kappa shape index (κ3) is 5.78. The average Bonchev–Trinajstić information content (AvgIpc) is 2.37. The van der Waals surface area contributed by atoms with Crippen molar-refractivity contribution in [3.8, 4) is 5.75 Å². The molecular weight excluding hydrogens is 298 g/mol. The zero-order valence-corrected chi connectivity index (χ0v) is 17.3. The minimum atomic E-state index is -0.0874. The van der Waals surface area contributed by atoms with E-state index in [1.54, 1.807) is 0 Å². The van der Waals surface area contributed by atoms with Gasteiger partial charge in [0, 0.05) is 16.7 Å². The molecule has 3 heteroatoms. The minimum absolute atomic E-state index is 0.0874. The molecule has 0 fully saturated rings. The van der Waals surface area contributed by atoms with E-state index in [2.05, 4.69) is 74.7 Å². The number of phenols is 1. The molecule has 0 aliphatic rings. The van der Waals surface area contributed by atoms with E-state index < -0.39 is 0 Å². The Morgan fingerprint density at radius 1 is 0.958 bits per heavy atom. The van der Waals surface area contributed by atoms with Gasteiger partial charge in [0.05, 0.1) is 20.7 Å².